The fourth-order valence-corrected chi connectivity index (χ4v) is 2.50. The first-order chi connectivity index (χ1) is 12.2. The fraction of sp³-hybridized carbons (Fsp3) is 0.368. The average molecular weight is 344 g/mol. The van der Waals surface area contributed by atoms with Gasteiger partial charge < -0.3 is 15.2 Å². The van der Waals surface area contributed by atoms with Gasteiger partial charge in [0.25, 0.3) is 0 Å². The molecule has 1 aromatic heterocycles. The van der Waals surface area contributed by atoms with E-state index in [9.17, 15) is 9.18 Å². The Kier molecular flexibility index (Phi) is 7.69. The van der Waals surface area contributed by atoms with Gasteiger partial charge in [0.2, 0.25) is 5.56 Å². The van der Waals surface area contributed by atoms with Gasteiger partial charge in [0, 0.05) is 38.9 Å². The van der Waals surface area contributed by atoms with Crippen molar-refractivity contribution >= 4 is 5.96 Å². The van der Waals surface area contributed by atoms with E-state index in [1.54, 1.807) is 35.9 Å². The Bertz CT molecular complexity index is 742. The van der Waals surface area contributed by atoms with Gasteiger partial charge in [0.05, 0.1) is 0 Å². The highest BCUT2D eigenvalue weighted by molar-refractivity contribution is 5.79. The maximum atomic E-state index is 13.1. The Morgan fingerprint density at radius 3 is 2.72 bits per heavy atom. The monoisotopic (exact) mass is 344 g/mol. The van der Waals surface area contributed by atoms with Crippen LogP contribution < -0.4 is 16.2 Å². The minimum absolute atomic E-state index is 0.0327. The summed E-state index contributed by atoms with van der Waals surface area (Å²) in [5.74, 6) is 0.519. The molecular formula is C19H25FN4O. The zero-order valence-corrected chi connectivity index (χ0v) is 14.5. The van der Waals surface area contributed by atoms with Crippen molar-refractivity contribution in [2.45, 2.75) is 25.8 Å². The third-order valence-corrected chi connectivity index (χ3v) is 3.84. The molecule has 0 spiro atoms. The Hall–Kier alpha value is -2.63. The highest BCUT2D eigenvalue weighted by Crippen LogP contribution is 2.03. The number of hydrogen-bond donors (Lipinski definition) is 2. The third kappa shape index (κ3) is 6.79. The molecule has 0 fully saturated rings. The number of hydrogen-bond acceptors (Lipinski definition) is 2. The molecule has 25 heavy (non-hydrogen) atoms. The lowest BCUT2D eigenvalue weighted by Gasteiger charge is -2.12. The Balaban J connectivity index is 1.62. The van der Waals surface area contributed by atoms with Crippen molar-refractivity contribution in [2.75, 3.05) is 20.1 Å². The number of guanidine groups is 1. The number of aromatic nitrogens is 1. The molecule has 0 aliphatic rings. The molecule has 0 bridgehead atoms. The van der Waals surface area contributed by atoms with Crippen molar-refractivity contribution in [2.24, 2.45) is 4.99 Å². The third-order valence-electron chi connectivity index (χ3n) is 3.84. The first-order valence-corrected chi connectivity index (χ1v) is 8.53. The lowest BCUT2D eigenvalue weighted by molar-refractivity contribution is 0.585. The zero-order valence-electron chi connectivity index (χ0n) is 14.5. The minimum atomic E-state index is -0.211. The lowest BCUT2D eigenvalue weighted by Crippen LogP contribution is -2.38. The van der Waals surface area contributed by atoms with E-state index < -0.39 is 0 Å². The van der Waals surface area contributed by atoms with Gasteiger partial charge in [-0.2, -0.15) is 0 Å². The quantitative estimate of drug-likeness (QED) is 0.438. The van der Waals surface area contributed by atoms with Gasteiger partial charge in [-0.1, -0.05) is 18.2 Å². The van der Waals surface area contributed by atoms with Crippen LogP contribution in [0, 0.1) is 5.82 Å². The van der Waals surface area contributed by atoms with Crippen molar-refractivity contribution in [1.29, 1.82) is 0 Å². The van der Waals surface area contributed by atoms with Crippen molar-refractivity contribution in [3.05, 3.63) is 70.4 Å². The predicted molar refractivity (Wildman–Crippen MR) is 99.4 cm³/mol. The molecule has 0 saturated carbocycles. The summed E-state index contributed by atoms with van der Waals surface area (Å²) in [5, 5.41) is 6.46. The molecule has 2 N–H and O–H groups in total. The summed E-state index contributed by atoms with van der Waals surface area (Å²) >= 11 is 0. The second-order valence-electron chi connectivity index (χ2n) is 5.75. The summed E-state index contributed by atoms with van der Waals surface area (Å²) in [7, 11) is 1.72. The van der Waals surface area contributed by atoms with Gasteiger partial charge in [-0.25, -0.2) is 4.39 Å². The minimum Gasteiger partial charge on any atom is -0.356 e. The summed E-state index contributed by atoms with van der Waals surface area (Å²) in [6, 6.07) is 11.8. The van der Waals surface area contributed by atoms with E-state index in [4.69, 9.17) is 0 Å². The molecule has 5 nitrogen and oxygen atoms in total. The molecule has 6 heteroatoms. The Labute approximate surface area is 147 Å². The maximum Gasteiger partial charge on any atom is 0.250 e. The standard InChI is InChI=1S/C19H25FN4O/c1-21-19(23-12-10-16-7-6-8-17(20)15-16)22-11-3-5-14-24-13-4-2-9-18(24)25/h2,4,6-9,13,15H,3,5,10-12,14H2,1H3,(H2,21,22,23). The van der Waals surface area contributed by atoms with Gasteiger partial charge in [-0.15, -0.1) is 0 Å². The van der Waals surface area contributed by atoms with Crippen LogP contribution in [0.15, 0.2) is 58.4 Å². The molecule has 0 atom stereocenters. The number of halogens is 1. The first-order valence-electron chi connectivity index (χ1n) is 8.53. The van der Waals surface area contributed by atoms with E-state index in [0.717, 1.165) is 37.3 Å². The molecule has 0 amide bonds. The number of benzene rings is 1. The highest BCUT2D eigenvalue weighted by atomic mass is 19.1. The molecule has 1 aromatic carbocycles. The van der Waals surface area contributed by atoms with Crippen LogP contribution in [0.4, 0.5) is 4.39 Å². The van der Waals surface area contributed by atoms with Crippen LogP contribution >= 0.6 is 0 Å². The van der Waals surface area contributed by atoms with E-state index in [1.165, 1.54) is 6.07 Å². The topological polar surface area (TPSA) is 58.4 Å². The van der Waals surface area contributed by atoms with E-state index >= 15 is 0 Å². The Morgan fingerprint density at radius 2 is 1.96 bits per heavy atom. The van der Waals surface area contributed by atoms with E-state index in [0.29, 0.717) is 13.1 Å². The maximum absolute atomic E-state index is 13.1. The number of unbranched alkanes of at least 4 members (excludes halogenated alkanes) is 1. The second-order valence-corrected chi connectivity index (χ2v) is 5.75. The van der Waals surface area contributed by atoms with Gasteiger partial charge >= 0.3 is 0 Å². The lowest BCUT2D eigenvalue weighted by atomic mass is 10.1. The second kappa shape index (κ2) is 10.3. The van der Waals surface area contributed by atoms with Crippen molar-refractivity contribution in [1.82, 2.24) is 15.2 Å². The SMILES string of the molecule is CN=C(NCCCCn1ccccc1=O)NCCc1cccc(F)c1. The van der Waals surface area contributed by atoms with Gasteiger partial charge in [-0.3, -0.25) is 9.79 Å². The van der Waals surface area contributed by atoms with Crippen LogP contribution in [0.2, 0.25) is 0 Å². The fourth-order valence-electron chi connectivity index (χ4n) is 2.50. The number of aryl methyl sites for hydroxylation is 1. The van der Waals surface area contributed by atoms with Crippen LogP contribution in [0.25, 0.3) is 0 Å². The summed E-state index contributed by atoms with van der Waals surface area (Å²) in [6.45, 7) is 2.18. The molecule has 2 rings (SSSR count). The highest BCUT2D eigenvalue weighted by Gasteiger charge is 1.99. The number of pyridine rings is 1. The smallest absolute Gasteiger partial charge is 0.250 e. The van der Waals surface area contributed by atoms with Gasteiger partial charge in [0.15, 0.2) is 5.96 Å². The number of nitrogens with one attached hydrogen (secondary N) is 2. The van der Waals surface area contributed by atoms with Crippen LogP contribution in [0.1, 0.15) is 18.4 Å². The van der Waals surface area contributed by atoms with E-state index in [2.05, 4.69) is 15.6 Å². The number of rotatable bonds is 8. The number of nitrogens with zero attached hydrogens (tertiary/aromatic N) is 2. The van der Waals surface area contributed by atoms with Gasteiger partial charge in [-0.05, 0) is 43.0 Å². The molecule has 2 aromatic rings. The molecule has 1 heterocycles. The summed E-state index contributed by atoms with van der Waals surface area (Å²) in [4.78, 5) is 15.8. The summed E-state index contributed by atoms with van der Waals surface area (Å²) < 4.78 is 14.8. The van der Waals surface area contributed by atoms with Gasteiger partial charge in [0.1, 0.15) is 5.82 Å². The molecule has 0 unspecified atom stereocenters. The Morgan fingerprint density at radius 1 is 1.12 bits per heavy atom. The zero-order chi connectivity index (χ0) is 17.9. The summed E-state index contributed by atoms with van der Waals surface area (Å²) in [6.07, 6.45) is 4.39. The van der Waals surface area contributed by atoms with Crippen LogP contribution in [0.3, 0.4) is 0 Å². The normalized spacial score (nSPS) is 11.4. The molecule has 0 aliphatic carbocycles. The predicted octanol–water partition coefficient (Wildman–Crippen LogP) is 2.18. The molecule has 0 aliphatic heterocycles. The molecule has 134 valence electrons. The van der Waals surface area contributed by atoms with Crippen LogP contribution in [0.5, 0.6) is 0 Å². The van der Waals surface area contributed by atoms with Crippen LogP contribution in [-0.2, 0) is 13.0 Å². The first kappa shape index (κ1) is 18.7. The van der Waals surface area contributed by atoms with Crippen LogP contribution in [-0.4, -0.2) is 30.7 Å². The van der Waals surface area contributed by atoms with Crippen molar-refractivity contribution < 1.29 is 4.39 Å². The van der Waals surface area contributed by atoms with Crippen molar-refractivity contribution in [3.8, 4) is 0 Å². The van der Waals surface area contributed by atoms with E-state index in [1.807, 2.05) is 18.3 Å². The van der Waals surface area contributed by atoms with E-state index in [-0.39, 0.29) is 11.4 Å². The molecular weight excluding hydrogens is 319 g/mol. The molecule has 0 radical (unpaired) electrons. The number of aliphatic imine (C=N–C) groups is 1. The molecule has 0 saturated heterocycles. The largest absolute Gasteiger partial charge is 0.356 e. The van der Waals surface area contributed by atoms with Crippen molar-refractivity contribution in [3.63, 3.8) is 0 Å². The summed E-state index contributed by atoms with van der Waals surface area (Å²) in [5.41, 5.74) is 0.988. The average Bonchev–Trinajstić information content (AvgIpc) is 2.61.